The van der Waals surface area contributed by atoms with E-state index in [1.165, 1.54) is 0 Å². The number of hydrogen-bond donors (Lipinski definition) is 2. The van der Waals surface area contributed by atoms with Gasteiger partial charge in [-0.3, -0.25) is 0 Å². The summed E-state index contributed by atoms with van der Waals surface area (Å²) >= 11 is 12.8. The zero-order valence-electron chi connectivity index (χ0n) is 33.6. The lowest BCUT2D eigenvalue weighted by atomic mass is 9.80. The maximum atomic E-state index is 8.81. The van der Waals surface area contributed by atoms with Crippen LogP contribution in [0.3, 0.4) is 0 Å². The van der Waals surface area contributed by atoms with Crippen molar-refractivity contribution in [2.75, 3.05) is 0 Å². The van der Waals surface area contributed by atoms with E-state index in [4.69, 9.17) is 36.6 Å². The molecule has 0 atom stereocenters. The lowest BCUT2D eigenvalue weighted by Crippen LogP contribution is -2.29. The van der Waals surface area contributed by atoms with Crippen molar-refractivity contribution >= 4 is 56.0 Å². The molecule has 8 nitrogen and oxygen atoms in total. The topological polar surface area (TPSA) is 118 Å². The largest absolute Gasteiger partial charge is 0.488 e. The van der Waals surface area contributed by atoms with Crippen LogP contribution >= 0.6 is 43.5 Å². The molecule has 2 aromatic heterocycles. The molecule has 0 bridgehead atoms. The summed E-state index contributed by atoms with van der Waals surface area (Å²) in [6, 6.07) is 58.8. The Morgan fingerprint density at radius 3 is 1.00 bits per heavy atom. The fourth-order valence-electron chi connectivity index (χ4n) is 6.25. The average Bonchev–Trinajstić information content (AvgIpc) is 3.30. The fourth-order valence-corrected chi connectivity index (χ4v) is 7.61. The second-order valence-corrected chi connectivity index (χ2v) is 16.3. The SMILES string of the molecule is Cc1cc(Br)cc(-c2nc(-c3ccccc3)nc(-c3ccccc3)n2)c1.Cc1cc(Br)cc(B(O)O)c1.Clc1ccc(-c2nc(-c3ccccc3)nc(-c3ccccc3)n2)cc1. The van der Waals surface area contributed by atoms with Gasteiger partial charge < -0.3 is 10.0 Å². The van der Waals surface area contributed by atoms with E-state index in [0.717, 1.165) is 53.5 Å². The fraction of sp³-hybridized carbons (Fsp3) is 0.0400. The molecule has 0 amide bonds. The first kappa shape index (κ1) is 43.9. The standard InChI is InChI=1S/C22H16BrN3.C21H14ClN3.C7H8BBrO2/c1-15-12-18(14-19(23)13-15)22-25-20(16-8-4-2-5-9-16)24-21(26-22)17-10-6-3-7-11-17;22-18-13-11-17(12-14-18)21-24-19(15-7-3-1-4-8-15)23-20(25-21)16-9-5-2-6-10-16;1-5-2-6(8(10)11)4-7(9)3-5/h2-14H,1H3;1-14H;2-4,10-11H,1H3. The highest BCUT2D eigenvalue weighted by Crippen LogP contribution is 2.28. The van der Waals surface area contributed by atoms with E-state index < -0.39 is 7.12 Å². The van der Waals surface area contributed by atoms with E-state index in [1.807, 2.05) is 165 Å². The van der Waals surface area contributed by atoms with E-state index in [2.05, 4.69) is 65.9 Å². The molecule has 2 N–H and O–H groups in total. The van der Waals surface area contributed by atoms with Gasteiger partial charge in [-0.2, -0.15) is 0 Å². The van der Waals surface area contributed by atoms with Crippen LogP contribution in [0, 0.1) is 13.8 Å². The summed E-state index contributed by atoms with van der Waals surface area (Å²) in [7, 11) is -1.38. The lowest BCUT2D eigenvalue weighted by Gasteiger charge is -2.09. The lowest BCUT2D eigenvalue weighted by molar-refractivity contribution is 0.425. The van der Waals surface area contributed by atoms with Crippen LogP contribution in [0.4, 0.5) is 0 Å². The van der Waals surface area contributed by atoms with Crippen LogP contribution < -0.4 is 5.46 Å². The zero-order chi connectivity index (χ0) is 43.4. The van der Waals surface area contributed by atoms with Crippen molar-refractivity contribution in [2.45, 2.75) is 13.8 Å². The Kier molecular flexibility index (Phi) is 14.9. The molecule has 304 valence electrons. The van der Waals surface area contributed by atoms with Crippen LogP contribution in [0.5, 0.6) is 0 Å². The monoisotopic (exact) mass is 958 g/mol. The third-order valence-electron chi connectivity index (χ3n) is 9.16. The average molecular weight is 961 g/mol. The Balaban J connectivity index is 0.000000151. The van der Waals surface area contributed by atoms with Crippen LogP contribution in [-0.4, -0.2) is 47.1 Å². The van der Waals surface area contributed by atoms with Gasteiger partial charge in [-0.25, -0.2) is 29.9 Å². The first-order valence-electron chi connectivity index (χ1n) is 19.5. The third kappa shape index (κ3) is 12.0. The molecule has 0 aliphatic rings. The zero-order valence-corrected chi connectivity index (χ0v) is 37.5. The molecule has 0 radical (unpaired) electrons. The van der Waals surface area contributed by atoms with Gasteiger partial charge in [0, 0.05) is 47.3 Å². The van der Waals surface area contributed by atoms with E-state index in [0.29, 0.717) is 45.4 Å². The molecule has 0 saturated carbocycles. The molecular weight excluding hydrogens is 923 g/mol. The third-order valence-corrected chi connectivity index (χ3v) is 10.3. The summed E-state index contributed by atoms with van der Waals surface area (Å²) in [4.78, 5) is 28.2. The molecule has 9 aromatic rings. The van der Waals surface area contributed by atoms with Crippen LogP contribution in [0.15, 0.2) is 191 Å². The van der Waals surface area contributed by atoms with Gasteiger partial charge in [0.25, 0.3) is 0 Å². The Morgan fingerprint density at radius 1 is 0.371 bits per heavy atom. The Morgan fingerprint density at radius 2 is 0.677 bits per heavy atom. The molecular formula is C50H38BBr2ClN6O2. The Bertz CT molecular complexity index is 2720. The smallest absolute Gasteiger partial charge is 0.423 e. The predicted octanol–water partition coefficient (Wildman–Crippen LogP) is 11.9. The summed E-state index contributed by atoms with van der Waals surface area (Å²) < 4.78 is 1.87. The molecule has 0 aliphatic carbocycles. The van der Waals surface area contributed by atoms with Crippen LogP contribution in [0.25, 0.3) is 68.3 Å². The van der Waals surface area contributed by atoms with Gasteiger partial charge in [0.1, 0.15) is 0 Å². The second kappa shape index (κ2) is 21.0. The van der Waals surface area contributed by atoms with Gasteiger partial charge in [0.05, 0.1) is 0 Å². The van der Waals surface area contributed by atoms with Crippen molar-refractivity contribution in [3.8, 4) is 68.3 Å². The van der Waals surface area contributed by atoms with Crippen LogP contribution in [0.1, 0.15) is 11.1 Å². The maximum absolute atomic E-state index is 8.81. The summed E-state index contributed by atoms with van der Waals surface area (Å²) in [6.07, 6.45) is 0. The quantitative estimate of drug-likeness (QED) is 0.152. The van der Waals surface area contributed by atoms with Crippen molar-refractivity contribution in [1.29, 1.82) is 0 Å². The van der Waals surface area contributed by atoms with Crippen LogP contribution in [-0.2, 0) is 0 Å². The normalized spacial score (nSPS) is 10.5. The van der Waals surface area contributed by atoms with E-state index in [-0.39, 0.29) is 0 Å². The summed E-state index contributed by atoms with van der Waals surface area (Å²) in [6.45, 7) is 3.96. The second-order valence-electron chi connectivity index (χ2n) is 14.0. The number of benzene rings is 7. The first-order valence-corrected chi connectivity index (χ1v) is 21.4. The van der Waals surface area contributed by atoms with Crippen molar-refractivity contribution in [3.63, 3.8) is 0 Å². The molecule has 62 heavy (non-hydrogen) atoms. The van der Waals surface area contributed by atoms with Gasteiger partial charge in [-0.1, -0.05) is 176 Å². The van der Waals surface area contributed by atoms with Crippen molar-refractivity contribution in [2.24, 2.45) is 0 Å². The highest BCUT2D eigenvalue weighted by Gasteiger charge is 2.14. The van der Waals surface area contributed by atoms with Gasteiger partial charge in [0.2, 0.25) is 0 Å². The molecule has 0 spiro atoms. The minimum Gasteiger partial charge on any atom is -0.423 e. The molecule has 0 unspecified atom stereocenters. The van der Waals surface area contributed by atoms with Gasteiger partial charge >= 0.3 is 7.12 Å². The Labute approximate surface area is 382 Å². The first-order chi connectivity index (χ1) is 30.1. The molecule has 0 aliphatic heterocycles. The minimum absolute atomic E-state index is 0.511. The van der Waals surface area contributed by atoms with Crippen molar-refractivity contribution < 1.29 is 10.0 Å². The molecule has 0 saturated heterocycles. The molecule has 9 rings (SSSR count). The van der Waals surface area contributed by atoms with E-state index in [9.17, 15) is 0 Å². The minimum atomic E-state index is -1.38. The van der Waals surface area contributed by atoms with Gasteiger partial charge in [-0.05, 0) is 79.5 Å². The van der Waals surface area contributed by atoms with Gasteiger partial charge in [-0.15, -0.1) is 0 Å². The van der Waals surface area contributed by atoms with Gasteiger partial charge in [0.15, 0.2) is 34.9 Å². The highest BCUT2D eigenvalue weighted by molar-refractivity contribution is 9.10. The molecule has 0 fully saturated rings. The predicted molar refractivity (Wildman–Crippen MR) is 258 cm³/mol. The molecule has 7 aromatic carbocycles. The summed E-state index contributed by atoms with van der Waals surface area (Å²) in [5, 5.41) is 18.3. The van der Waals surface area contributed by atoms with E-state index in [1.54, 1.807) is 12.1 Å². The number of hydrogen-bond acceptors (Lipinski definition) is 8. The molecule has 2 heterocycles. The number of aromatic nitrogens is 6. The number of rotatable bonds is 7. The number of aryl methyl sites for hydroxylation is 2. The number of halogens is 3. The van der Waals surface area contributed by atoms with Crippen LogP contribution in [0.2, 0.25) is 5.02 Å². The highest BCUT2D eigenvalue weighted by atomic mass is 79.9. The van der Waals surface area contributed by atoms with Crippen molar-refractivity contribution in [1.82, 2.24) is 29.9 Å². The van der Waals surface area contributed by atoms with E-state index >= 15 is 0 Å². The number of nitrogens with zero attached hydrogens (tertiary/aromatic N) is 6. The maximum Gasteiger partial charge on any atom is 0.488 e. The summed E-state index contributed by atoms with van der Waals surface area (Å²) in [5.41, 5.74) is 8.39. The van der Waals surface area contributed by atoms with Crippen molar-refractivity contribution in [3.05, 3.63) is 207 Å². The summed E-state index contributed by atoms with van der Waals surface area (Å²) in [5.74, 6) is 3.95. The Hall–Kier alpha value is -6.21. The molecule has 12 heteroatoms.